The smallest absolute Gasteiger partial charge is 0.332 e. The molecule has 4 nitrogen and oxygen atoms in total. The third kappa shape index (κ3) is 21.1. The first-order valence-electron chi connectivity index (χ1n) is 4.06. The van der Waals surface area contributed by atoms with Gasteiger partial charge in [-0.25, -0.2) is 4.79 Å². The van der Waals surface area contributed by atoms with E-state index in [2.05, 4.69) is 11.3 Å². The average molecular weight is 252 g/mol. The van der Waals surface area contributed by atoms with Gasteiger partial charge in [0.1, 0.15) is 0 Å². The van der Waals surface area contributed by atoms with Crippen LogP contribution in [0.15, 0.2) is 12.7 Å². The normalized spacial score (nSPS) is 9.29. The lowest BCUT2D eigenvalue weighted by molar-refractivity contribution is -0.151. The molecule has 0 fully saturated rings. The summed E-state index contributed by atoms with van der Waals surface area (Å²) in [4.78, 5) is 10.5. The van der Waals surface area contributed by atoms with E-state index < -0.39 is 5.97 Å². The highest BCUT2D eigenvalue weighted by atomic mass is 16.7. The van der Waals surface area contributed by atoms with E-state index in [1.165, 1.54) is 0 Å². The molecule has 1 unspecified atom stereocenters. The minimum Gasteiger partial charge on any atom is -0.435 e. The monoisotopic (exact) mass is 252 g/mol. The van der Waals surface area contributed by atoms with Gasteiger partial charge in [-0.05, 0) is 0 Å². The van der Waals surface area contributed by atoms with E-state index in [4.69, 9.17) is 9.47 Å². The van der Waals surface area contributed by atoms with E-state index in [-0.39, 0.29) is 36.5 Å². The first kappa shape index (κ1) is 29.8. The second kappa shape index (κ2) is 20.5. The first-order valence-corrected chi connectivity index (χ1v) is 4.06. The minimum absolute atomic E-state index is 0. The van der Waals surface area contributed by atoms with Crippen LogP contribution >= 0.6 is 0 Å². The zero-order chi connectivity index (χ0) is 10.1. The lowest BCUT2D eigenvalue weighted by Crippen LogP contribution is -2.14. The summed E-state index contributed by atoms with van der Waals surface area (Å²) in [6.07, 6.45) is 1.10. The molecule has 0 radical (unpaired) electrons. The van der Waals surface area contributed by atoms with Crippen molar-refractivity contribution in [2.24, 2.45) is 5.92 Å². The topological polar surface area (TPSA) is 44.8 Å². The van der Waals surface area contributed by atoms with Gasteiger partial charge in [-0.1, -0.05) is 43.2 Å². The largest absolute Gasteiger partial charge is 0.435 e. The Balaban J connectivity index is -0.000000120. The van der Waals surface area contributed by atoms with Crippen LogP contribution in [0.3, 0.4) is 0 Å². The molecule has 0 amide bonds. The summed E-state index contributed by atoms with van der Waals surface area (Å²) in [5.74, 6) is -0.174. The molecule has 1 atom stereocenters. The van der Waals surface area contributed by atoms with Crippen LogP contribution in [0.5, 0.6) is 0 Å². The molecule has 0 N–H and O–H groups in total. The Morgan fingerprint density at radius 1 is 1.24 bits per heavy atom. The molecular weight excluding hydrogens is 220 g/mol. The molecule has 4 heteroatoms. The van der Waals surface area contributed by atoms with Gasteiger partial charge in [0.05, 0.1) is 13.2 Å². The van der Waals surface area contributed by atoms with Gasteiger partial charge in [0.25, 0.3) is 0 Å². The Morgan fingerprint density at radius 3 is 2.18 bits per heavy atom. The van der Waals surface area contributed by atoms with Crippen molar-refractivity contribution < 1.29 is 19.0 Å². The molecule has 0 aliphatic heterocycles. The van der Waals surface area contributed by atoms with Crippen LogP contribution in [0, 0.1) is 5.92 Å². The van der Waals surface area contributed by atoms with Crippen molar-refractivity contribution in [3.63, 3.8) is 0 Å². The van der Waals surface area contributed by atoms with E-state index in [1.54, 1.807) is 7.11 Å². The molecule has 0 aliphatic carbocycles. The fourth-order valence-corrected chi connectivity index (χ4v) is 0.741. The Morgan fingerprint density at radius 2 is 1.76 bits per heavy atom. The standard InChI is InChI=1S/C9H16O4.4CH4/c1-4-9(10)13-7-12-6-8(2)5-11-3;;;;/h4,8H,1,5-7H2,2-3H3;4*1H4. The fraction of sp³-hybridized carbons (Fsp3) is 0.769. The van der Waals surface area contributed by atoms with Gasteiger partial charge < -0.3 is 14.2 Å². The molecule has 0 aromatic heterocycles. The summed E-state index contributed by atoms with van der Waals surface area (Å²) < 4.78 is 14.5. The fourth-order valence-electron chi connectivity index (χ4n) is 0.741. The highest BCUT2D eigenvalue weighted by Crippen LogP contribution is 1.95. The van der Waals surface area contributed by atoms with E-state index in [9.17, 15) is 4.79 Å². The number of hydrogen-bond donors (Lipinski definition) is 0. The second-order valence-electron chi connectivity index (χ2n) is 2.72. The highest BCUT2D eigenvalue weighted by molar-refractivity contribution is 5.81. The number of esters is 1. The van der Waals surface area contributed by atoms with Crippen LogP contribution in [0.1, 0.15) is 36.6 Å². The van der Waals surface area contributed by atoms with Crippen molar-refractivity contribution in [1.82, 2.24) is 0 Å². The summed E-state index contributed by atoms with van der Waals surface area (Å²) >= 11 is 0. The van der Waals surface area contributed by atoms with Gasteiger partial charge in [-0.3, -0.25) is 0 Å². The second-order valence-corrected chi connectivity index (χ2v) is 2.72. The molecule has 108 valence electrons. The maximum absolute atomic E-state index is 10.5. The molecule has 0 saturated carbocycles. The quantitative estimate of drug-likeness (QED) is 0.301. The lowest BCUT2D eigenvalue weighted by atomic mass is 10.2. The van der Waals surface area contributed by atoms with Crippen molar-refractivity contribution in [3.05, 3.63) is 12.7 Å². The number of ether oxygens (including phenoxy) is 3. The predicted octanol–water partition coefficient (Wildman–Crippen LogP) is 3.52. The molecule has 0 aromatic rings. The molecule has 17 heavy (non-hydrogen) atoms. The third-order valence-electron chi connectivity index (χ3n) is 1.30. The van der Waals surface area contributed by atoms with Crippen molar-refractivity contribution in [2.75, 3.05) is 27.1 Å². The van der Waals surface area contributed by atoms with Crippen molar-refractivity contribution in [2.45, 2.75) is 36.6 Å². The van der Waals surface area contributed by atoms with Crippen LogP contribution in [-0.2, 0) is 19.0 Å². The van der Waals surface area contributed by atoms with Crippen LogP contribution in [0.25, 0.3) is 0 Å². The molecule has 0 bridgehead atoms. The van der Waals surface area contributed by atoms with Gasteiger partial charge in [0.2, 0.25) is 0 Å². The van der Waals surface area contributed by atoms with Crippen molar-refractivity contribution in [1.29, 1.82) is 0 Å². The summed E-state index contributed by atoms with van der Waals surface area (Å²) in [6, 6.07) is 0. The van der Waals surface area contributed by atoms with Crippen LogP contribution in [-0.4, -0.2) is 33.1 Å². The van der Waals surface area contributed by atoms with E-state index in [0.717, 1.165) is 6.08 Å². The molecule has 0 spiro atoms. The average Bonchev–Trinajstić information content (AvgIpc) is 2.12. The third-order valence-corrected chi connectivity index (χ3v) is 1.30. The maximum Gasteiger partial charge on any atom is 0.332 e. The Labute approximate surface area is 108 Å². The Bertz CT molecular complexity index is 157. The molecular formula is C13H32O4. The van der Waals surface area contributed by atoms with Crippen LogP contribution < -0.4 is 0 Å². The lowest BCUT2D eigenvalue weighted by Gasteiger charge is -2.10. The van der Waals surface area contributed by atoms with Gasteiger partial charge in [-0.15, -0.1) is 0 Å². The van der Waals surface area contributed by atoms with Crippen molar-refractivity contribution in [3.8, 4) is 0 Å². The number of methoxy groups -OCH3 is 1. The molecule has 0 aliphatic rings. The molecule has 0 rings (SSSR count). The number of rotatable bonds is 7. The van der Waals surface area contributed by atoms with Crippen molar-refractivity contribution >= 4 is 5.97 Å². The summed E-state index contributed by atoms with van der Waals surface area (Å²) in [5, 5.41) is 0. The van der Waals surface area contributed by atoms with E-state index in [0.29, 0.717) is 19.1 Å². The predicted molar refractivity (Wildman–Crippen MR) is 75.1 cm³/mol. The van der Waals surface area contributed by atoms with E-state index >= 15 is 0 Å². The van der Waals surface area contributed by atoms with Crippen LogP contribution in [0.4, 0.5) is 0 Å². The number of carbonyl (C=O) groups is 1. The van der Waals surface area contributed by atoms with Gasteiger partial charge in [0, 0.05) is 19.1 Å². The van der Waals surface area contributed by atoms with Gasteiger partial charge >= 0.3 is 5.97 Å². The number of carbonyl (C=O) groups excluding carboxylic acids is 1. The summed E-state index contributed by atoms with van der Waals surface area (Å²) in [5.41, 5.74) is 0. The van der Waals surface area contributed by atoms with Gasteiger partial charge in [-0.2, -0.15) is 0 Å². The molecule has 0 heterocycles. The minimum atomic E-state index is -0.473. The zero-order valence-electron chi connectivity index (χ0n) is 8.12. The van der Waals surface area contributed by atoms with Crippen LogP contribution in [0.2, 0.25) is 0 Å². The zero-order valence-corrected chi connectivity index (χ0v) is 8.12. The van der Waals surface area contributed by atoms with E-state index in [1.807, 2.05) is 6.92 Å². The van der Waals surface area contributed by atoms with Gasteiger partial charge in [0.15, 0.2) is 6.79 Å². The Kier molecular flexibility index (Phi) is 36.0. The molecule has 0 saturated heterocycles. The highest BCUT2D eigenvalue weighted by Gasteiger charge is 2.01. The molecule has 0 aromatic carbocycles. The number of hydrogen-bond acceptors (Lipinski definition) is 4. The Hall–Kier alpha value is -0.870. The summed E-state index contributed by atoms with van der Waals surface area (Å²) in [6.45, 7) is 6.36. The first-order chi connectivity index (χ1) is 6.20. The summed E-state index contributed by atoms with van der Waals surface area (Å²) in [7, 11) is 1.63. The SMILES string of the molecule is C.C.C.C.C=CC(=O)OCOCC(C)COC. The maximum atomic E-state index is 10.5.